The van der Waals surface area contributed by atoms with E-state index < -0.39 is 0 Å². The molecule has 0 spiro atoms. The molecular formula is C18H23N3O. The predicted octanol–water partition coefficient (Wildman–Crippen LogP) is 4.55. The number of benzene rings is 1. The molecule has 0 unspecified atom stereocenters. The third-order valence-corrected chi connectivity index (χ3v) is 4.21. The minimum absolute atomic E-state index is 0.614. The van der Waals surface area contributed by atoms with Crippen molar-refractivity contribution < 1.29 is 4.74 Å². The lowest BCUT2D eigenvalue weighted by Gasteiger charge is -2.16. The standard InChI is InChI=1S/C18H23N3O/c1-3-22-18(13-14(2)15-9-5-4-6-10-15)21-17-12-8-7-11-16(17)19-20-21/h7-8,11-13H,3-6,9-10H2,1-2H3. The van der Waals surface area contributed by atoms with Crippen LogP contribution in [-0.4, -0.2) is 21.6 Å². The van der Waals surface area contributed by atoms with Crippen LogP contribution < -0.4 is 0 Å². The first-order valence-electron chi connectivity index (χ1n) is 8.13. The Morgan fingerprint density at radius 2 is 2.00 bits per heavy atom. The Hall–Kier alpha value is -2.10. The summed E-state index contributed by atoms with van der Waals surface area (Å²) in [6, 6.07) is 7.96. The van der Waals surface area contributed by atoms with E-state index >= 15 is 0 Å². The van der Waals surface area contributed by atoms with Gasteiger partial charge in [0.25, 0.3) is 0 Å². The summed E-state index contributed by atoms with van der Waals surface area (Å²) in [6.07, 6.45) is 8.49. The number of aromatic nitrogens is 3. The van der Waals surface area contributed by atoms with Gasteiger partial charge in [-0.05, 0) is 57.2 Å². The second-order valence-electron chi connectivity index (χ2n) is 5.75. The smallest absolute Gasteiger partial charge is 0.216 e. The molecule has 116 valence electrons. The fourth-order valence-electron chi connectivity index (χ4n) is 3.00. The Labute approximate surface area is 131 Å². The molecule has 4 heteroatoms. The van der Waals surface area contributed by atoms with Crippen molar-refractivity contribution in [2.75, 3.05) is 6.61 Å². The van der Waals surface area contributed by atoms with Crippen molar-refractivity contribution in [3.05, 3.63) is 41.5 Å². The largest absolute Gasteiger partial charge is 0.478 e. The number of allylic oxidation sites excluding steroid dienone is 3. The molecular weight excluding hydrogens is 274 g/mol. The minimum Gasteiger partial charge on any atom is -0.478 e. The van der Waals surface area contributed by atoms with Gasteiger partial charge in [-0.2, -0.15) is 4.68 Å². The molecule has 4 nitrogen and oxygen atoms in total. The summed E-state index contributed by atoms with van der Waals surface area (Å²) in [7, 11) is 0. The SMILES string of the molecule is CCOC(=CC(C)=C1CCCCC1)n1nnc2ccccc21. The summed E-state index contributed by atoms with van der Waals surface area (Å²) in [4.78, 5) is 0. The van der Waals surface area contributed by atoms with Crippen molar-refractivity contribution in [3.8, 4) is 0 Å². The first kappa shape index (κ1) is 14.8. The highest BCUT2D eigenvalue weighted by Crippen LogP contribution is 2.27. The maximum atomic E-state index is 5.84. The maximum absolute atomic E-state index is 5.84. The number of para-hydroxylation sites is 1. The van der Waals surface area contributed by atoms with E-state index in [0.29, 0.717) is 6.61 Å². The molecule has 1 fully saturated rings. The molecule has 2 aromatic rings. The highest BCUT2D eigenvalue weighted by Gasteiger charge is 2.12. The maximum Gasteiger partial charge on any atom is 0.216 e. The monoisotopic (exact) mass is 297 g/mol. The van der Waals surface area contributed by atoms with Gasteiger partial charge in [0.05, 0.1) is 12.1 Å². The van der Waals surface area contributed by atoms with Crippen LogP contribution in [0.1, 0.15) is 46.0 Å². The second-order valence-corrected chi connectivity index (χ2v) is 5.75. The molecule has 1 aliphatic carbocycles. The van der Waals surface area contributed by atoms with Crippen molar-refractivity contribution in [1.82, 2.24) is 15.0 Å². The lowest BCUT2D eigenvalue weighted by Crippen LogP contribution is -2.05. The number of hydrogen-bond donors (Lipinski definition) is 0. The molecule has 1 aliphatic rings. The number of rotatable bonds is 4. The zero-order valence-corrected chi connectivity index (χ0v) is 13.4. The van der Waals surface area contributed by atoms with E-state index in [9.17, 15) is 0 Å². The molecule has 0 radical (unpaired) electrons. The van der Waals surface area contributed by atoms with Gasteiger partial charge in [-0.3, -0.25) is 0 Å². The van der Waals surface area contributed by atoms with E-state index in [1.165, 1.54) is 37.7 Å². The number of fused-ring (bicyclic) bond motifs is 1. The average molecular weight is 297 g/mol. The fourth-order valence-corrected chi connectivity index (χ4v) is 3.00. The fraction of sp³-hybridized carbons (Fsp3) is 0.444. The van der Waals surface area contributed by atoms with Crippen LogP contribution in [0.2, 0.25) is 0 Å². The van der Waals surface area contributed by atoms with Crippen LogP contribution in [0.5, 0.6) is 0 Å². The van der Waals surface area contributed by atoms with Gasteiger partial charge in [0.2, 0.25) is 5.88 Å². The van der Waals surface area contributed by atoms with Crippen LogP contribution in [0.4, 0.5) is 0 Å². The summed E-state index contributed by atoms with van der Waals surface area (Å²) in [5.74, 6) is 0.756. The lowest BCUT2D eigenvalue weighted by atomic mass is 9.91. The normalized spacial score (nSPS) is 16.1. The van der Waals surface area contributed by atoms with Crippen molar-refractivity contribution >= 4 is 16.9 Å². The van der Waals surface area contributed by atoms with E-state index in [0.717, 1.165) is 16.9 Å². The number of ether oxygens (including phenoxy) is 1. The Morgan fingerprint density at radius 1 is 1.23 bits per heavy atom. The molecule has 3 rings (SSSR count). The third-order valence-electron chi connectivity index (χ3n) is 4.21. The average Bonchev–Trinajstić information content (AvgIpc) is 2.99. The van der Waals surface area contributed by atoms with Crippen LogP contribution in [0.15, 0.2) is 41.5 Å². The molecule has 1 aromatic carbocycles. The molecule has 1 aromatic heterocycles. The van der Waals surface area contributed by atoms with Crippen LogP contribution in [0, 0.1) is 0 Å². The predicted molar refractivity (Wildman–Crippen MR) is 89.2 cm³/mol. The molecule has 1 saturated carbocycles. The lowest BCUT2D eigenvalue weighted by molar-refractivity contribution is 0.272. The molecule has 22 heavy (non-hydrogen) atoms. The molecule has 1 heterocycles. The third kappa shape index (κ3) is 3.06. The Bertz CT molecular complexity index is 704. The van der Waals surface area contributed by atoms with E-state index in [2.05, 4.69) is 23.3 Å². The van der Waals surface area contributed by atoms with Crippen LogP contribution in [0.3, 0.4) is 0 Å². The van der Waals surface area contributed by atoms with E-state index in [1.54, 1.807) is 10.3 Å². The van der Waals surface area contributed by atoms with E-state index in [-0.39, 0.29) is 0 Å². The molecule has 0 amide bonds. The summed E-state index contributed by atoms with van der Waals surface area (Å²) in [5.41, 5.74) is 4.72. The zero-order valence-electron chi connectivity index (χ0n) is 13.4. The first-order valence-corrected chi connectivity index (χ1v) is 8.13. The van der Waals surface area contributed by atoms with Crippen molar-refractivity contribution in [3.63, 3.8) is 0 Å². The van der Waals surface area contributed by atoms with Gasteiger partial charge in [0.15, 0.2) is 0 Å². The Kier molecular flexibility index (Phi) is 4.56. The van der Waals surface area contributed by atoms with Gasteiger partial charge in [-0.15, -0.1) is 5.10 Å². The van der Waals surface area contributed by atoms with E-state index in [1.807, 2.05) is 31.2 Å². The molecule has 0 atom stereocenters. The first-order chi connectivity index (χ1) is 10.8. The van der Waals surface area contributed by atoms with Crippen LogP contribution >= 0.6 is 0 Å². The van der Waals surface area contributed by atoms with Gasteiger partial charge in [-0.25, -0.2) is 0 Å². The summed E-state index contributed by atoms with van der Waals surface area (Å²) in [6.45, 7) is 4.79. The quantitative estimate of drug-likeness (QED) is 0.777. The van der Waals surface area contributed by atoms with Crippen molar-refractivity contribution in [2.24, 2.45) is 0 Å². The molecule has 0 saturated heterocycles. The topological polar surface area (TPSA) is 39.9 Å². The van der Waals surface area contributed by atoms with Crippen molar-refractivity contribution in [2.45, 2.75) is 46.0 Å². The van der Waals surface area contributed by atoms with Gasteiger partial charge < -0.3 is 4.74 Å². The van der Waals surface area contributed by atoms with Gasteiger partial charge in [0, 0.05) is 6.08 Å². The number of hydrogen-bond acceptors (Lipinski definition) is 3. The zero-order chi connectivity index (χ0) is 15.4. The molecule has 0 aliphatic heterocycles. The second kappa shape index (κ2) is 6.77. The Morgan fingerprint density at radius 3 is 2.77 bits per heavy atom. The Balaban J connectivity index is 2.00. The van der Waals surface area contributed by atoms with Gasteiger partial charge in [0.1, 0.15) is 5.52 Å². The van der Waals surface area contributed by atoms with Gasteiger partial charge >= 0.3 is 0 Å². The highest BCUT2D eigenvalue weighted by molar-refractivity contribution is 5.77. The highest BCUT2D eigenvalue weighted by atomic mass is 16.5. The minimum atomic E-state index is 0.614. The van der Waals surface area contributed by atoms with Crippen molar-refractivity contribution in [1.29, 1.82) is 0 Å². The van der Waals surface area contributed by atoms with Crippen LogP contribution in [0.25, 0.3) is 16.9 Å². The summed E-state index contributed by atoms with van der Waals surface area (Å²) >= 11 is 0. The number of nitrogens with zero attached hydrogens (tertiary/aromatic N) is 3. The summed E-state index contributed by atoms with van der Waals surface area (Å²) < 4.78 is 7.64. The van der Waals surface area contributed by atoms with Gasteiger partial charge in [-0.1, -0.05) is 29.3 Å². The summed E-state index contributed by atoms with van der Waals surface area (Å²) in [5, 5.41) is 8.48. The van der Waals surface area contributed by atoms with E-state index in [4.69, 9.17) is 4.74 Å². The molecule has 0 N–H and O–H groups in total. The molecule has 0 bridgehead atoms. The van der Waals surface area contributed by atoms with Crippen LogP contribution in [-0.2, 0) is 4.74 Å².